The molecule has 22 nitrogen and oxygen atoms in total. The molecular weight excluding hydrogens is 1090 g/mol. The first-order valence-corrected chi connectivity index (χ1v) is 30.2. The lowest BCUT2D eigenvalue weighted by molar-refractivity contribution is -0.142. The Morgan fingerprint density at radius 1 is 0.895 bits per heavy atom. The minimum Gasteiger partial charge on any atom is -0.486 e. The van der Waals surface area contributed by atoms with E-state index in [0.29, 0.717) is 71.8 Å². The monoisotopic (exact) mass is 1160 g/mol. The standard InChI is InChI=1S/C64H70N14O8/c1-5-77-51(16-19-67-77)38-12-10-37(11-13-38)50(31-79)70-61(81)52-24-42(80)29-76(52)64(84)57(33(2)3)78-30-47-43-14-7-35(22-49(43)69-62(82)56(47)74-78)32-86-58-54(53-34(4)6-15-48-46(53)27-66-73-48)44(36-8-9-36)25-45-55(58)71-59(63(83)68-39-17-20-85-21-18-39)72-60(45)75-28-40-23-41(75)26-65-40/h6-7,10-16,19,22,25,27,30,33,36,39-42,50,52,57,65,79-80H,5,8-9,17-18,20-21,23-24,26,28-29,31-32H2,1-4H3,(H,66,73)(H,68,83)(H,69,82)(H,70,81)/t40-,41-,42+,50-,52-,57-/m0/s1. The number of amides is 3. The molecule has 3 amide bonds. The van der Waals surface area contributed by atoms with Gasteiger partial charge in [0.2, 0.25) is 17.6 Å². The molecule has 4 aromatic carbocycles. The number of rotatable bonds is 17. The highest BCUT2D eigenvalue weighted by Gasteiger charge is 2.44. The molecule has 1 aliphatic carbocycles. The molecular formula is C64H70N14O8. The van der Waals surface area contributed by atoms with Crippen LogP contribution in [0.4, 0.5) is 5.82 Å². The van der Waals surface area contributed by atoms with E-state index < -0.39 is 48.2 Å². The number of carbonyl (C=O) groups is 3. The van der Waals surface area contributed by atoms with Crippen molar-refractivity contribution < 1.29 is 34.1 Å². The van der Waals surface area contributed by atoms with Gasteiger partial charge >= 0.3 is 0 Å². The van der Waals surface area contributed by atoms with Gasteiger partial charge in [-0.2, -0.15) is 15.3 Å². The minimum atomic E-state index is -1.04. The summed E-state index contributed by atoms with van der Waals surface area (Å²) in [4.78, 5) is 74.8. The van der Waals surface area contributed by atoms with Gasteiger partial charge in [0.05, 0.1) is 36.2 Å². The molecule has 86 heavy (non-hydrogen) atoms. The van der Waals surface area contributed by atoms with Crippen LogP contribution >= 0.6 is 0 Å². The number of benzene rings is 4. The van der Waals surface area contributed by atoms with Gasteiger partial charge in [0, 0.05) is 109 Å². The Morgan fingerprint density at radius 3 is 2.47 bits per heavy atom. The number of nitrogens with zero attached hydrogens (tertiary/aromatic N) is 9. The number of hydrogen-bond donors (Lipinski definition) is 7. The number of aromatic amines is 2. The summed E-state index contributed by atoms with van der Waals surface area (Å²) in [5.41, 5.74) is 8.94. The number of piperazine rings is 1. The Bertz CT molecular complexity index is 4180. The van der Waals surface area contributed by atoms with Crippen LogP contribution in [0.25, 0.3) is 66.0 Å². The quantitative estimate of drug-likeness (QED) is 0.0514. The molecule has 4 saturated heterocycles. The summed E-state index contributed by atoms with van der Waals surface area (Å²) in [6.07, 6.45) is 8.71. The number of aliphatic hydroxyl groups excluding tert-OH is 2. The van der Waals surface area contributed by atoms with Gasteiger partial charge in [-0.05, 0) is 115 Å². The molecule has 0 spiro atoms. The molecule has 6 atom stereocenters. The van der Waals surface area contributed by atoms with E-state index in [0.717, 1.165) is 93.5 Å². The van der Waals surface area contributed by atoms with Crippen LogP contribution in [-0.2, 0) is 27.5 Å². The van der Waals surface area contributed by atoms with Crippen LogP contribution in [0.15, 0.2) is 90.1 Å². The maximum atomic E-state index is 14.9. The molecule has 9 heterocycles. The average Bonchev–Trinajstić information content (AvgIpc) is 4.20. The van der Waals surface area contributed by atoms with Crippen molar-refractivity contribution in [2.45, 2.75) is 128 Å². The van der Waals surface area contributed by atoms with E-state index in [1.807, 2.05) is 86.2 Å². The van der Waals surface area contributed by atoms with Crippen LogP contribution in [-0.4, -0.2) is 147 Å². The fraction of sp³-hybridized carbons (Fsp3) is 0.422. The Kier molecular flexibility index (Phi) is 14.4. The Morgan fingerprint density at radius 2 is 1.72 bits per heavy atom. The second kappa shape index (κ2) is 22.4. The molecule has 0 unspecified atom stereocenters. The second-order valence-corrected chi connectivity index (χ2v) is 24.3. The fourth-order valence-electron chi connectivity index (χ4n) is 13.7. The molecule has 2 bridgehead atoms. The molecule has 4 aliphatic heterocycles. The molecule has 0 radical (unpaired) electrons. The number of pyridine rings is 1. The lowest BCUT2D eigenvalue weighted by atomic mass is 9.89. The van der Waals surface area contributed by atoms with Crippen molar-refractivity contribution in [3.05, 3.63) is 124 Å². The number of fused-ring (bicyclic) bond motifs is 7. The zero-order chi connectivity index (χ0) is 59.1. The second-order valence-electron chi connectivity index (χ2n) is 24.3. The Hall–Kier alpha value is -8.57. The smallest absolute Gasteiger partial charge is 0.289 e. The van der Waals surface area contributed by atoms with Gasteiger partial charge in [0.25, 0.3) is 11.5 Å². The number of H-pyrrole nitrogens is 2. The molecule has 5 aliphatic rings. The van der Waals surface area contributed by atoms with Crippen molar-refractivity contribution in [3.8, 4) is 28.1 Å². The van der Waals surface area contributed by atoms with Crippen LogP contribution < -0.4 is 31.1 Å². The molecule has 22 heteroatoms. The maximum Gasteiger partial charge on any atom is 0.289 e. The summed E-state index contributed by atoms with van der Waals surface area (Å²) in [5, 5.41) is 51.1. The number of aliphatic hydroxyl groups is 2. The van der Waals surface area contributed by atoms with E-state index in [1.165, 1.54) is 9.58 Å². The number of anilines is 1. The van der Waals surface area contributed by atoms with E-state index in [9.17, 15) is 29.4 Å². The number of nitrogens with one attached hydrogen (secondary N) is 5. The van der Waals surface area contributed by atoms with Gasteiger partial charge in [-0.1, -0.05) is 56.3 Å². The first-order valence-electron chi connectivity index (χ1n) is 30.2. The Labute approximate surface area is 494 Å². The number of likely N-dealkylation sites (tertiary alicyclic amines) is 1. The number of β-amino-alcohol motifs (C(OH)–C–C–N with tert-alkyl or cyclic N) is 1. The largest absolute Gasteiger partial charge is 0.486 e. The number of aromatic nitrogens is 9. The third-order valence-corrected chi connectivity index (χ3v) is 18.3. The van der Waals surface area contributed by atoms with E-state index in [2.05, 4.69) is 60.2 Å². The topological polar surface area (TPSA) is 276 Å². The summed E-state index contributed by atoms with van der Waals surface area (Å²) < 4.78 is 16.3. The number of carbonyl (C=O) groups excluding carboxylic acids is 3. The third-order valence-electron chi connectivity index (χ3n) is 18.3. The summed E-state index contributed by atoms with van der Waals surface area (Å²) in [5.74, 6) is -0.0763. The summed E-state index contributed by atoms with van der Waals surface area (Å²) in [6, 6.07) is 19.2. The lowest BCUT2D eigenvalue weighted by Crippen LogP contribution is -2.50. The predicted octanol–water partition coefficient (Wildman–Crippen LogP) is 6.48. The van der Waals surface area contributed by atoms with Gasteiger partial charge < -0.3 is 50.4 Å². The van der Waals surface area contributed by atoms with Crippen LogP contribution in [0.5, 0.6) is 5.75 Å². The number of aryl methyl sites for hydroxylation is 2. The highest BCUT2D eigenvalue weighted by Crippen LogP contribution is 2.53. The van der Waals surface area contributed by atoms with Crippen LogP contribution in [0, 0.1) is 12.8 Å². The zero-order valence-electron chi connectivity index (χ0n) is 48.5. The SMILES string of the molecule is CCn1nccc1-c1ccc([C@H](CO)NC(=O)[C@@H]2C[C@@H](O)CN2C(=O)[C@H](C(C)C)n2cc3c(n2)c(=O)[nH]c2cc(COc4c(-c5c(C)ccc6[nH]ncc56)c(C5CC5)cc5c(N6C[C@@H]7C[C@H]6CN7)nc(C(=O)NC6CCOCC6)nc45)ccc23)cc1. The lowest BCUT2D eigenvalue weighted by Gasteiger charge is -2.30. The van der Waals surface area contributed by atoms with E-state index in [1.54, 1.807) is 12.4 Å². The van der Waals surface area contributed by atoms with Crippen LogP contribution in [0.1, 0.15) is 110 Å². The van der Waals surface area contributed by atoms with Gasteiger partial charge in [-0.25, -0.2) is 9.97 Å². The highest BCUT2D eigenvalue weighted by molar-refractivity contribution is 6.08. The van der Waals surface area contributed by atoms with Crippen molar-refractivity contribution in [2.24, 2.45) is 5.92 Å². The molecule has 5 aromatic heterocycles. The molecule has 1 saturated carbocycles. The number of ether oxygens (including phenoxy) is 2. The van der Waals surface area contributed by atoms with Crippen molar-refractivity contribution in [1.82, 2.24) is 65.6 Å². The van der Waals surface area contributed by atoms with Crippen LogP contribution in [0.3, 0.4) is 0 Å². The molecule has 444 valence electrons. The van der Waals surface area contributed by atoms with Crippen molar-refractivity contribution in [1.29, 1.82) is 0 Å². The van der Waals surface area contributed by atoms with Gasteiger partial charge in [0.15, 0.2) is 11.3 Å². The molecule has 9 aromatic rings. The zero-order valence-corrected chi connectivity index (χ0v) is 48.5. The summed E-state index contributed by atoms with van der Waals surface area (Å²) in [6.45, 7) is 10.8. The van der Waals surface area contributed by atoms with Gasteiger partial charge in [-0.15, -0.1) is 0 Å². The first-order chi connectivity index (χ1) is 41.8. The van der Waals surface area contributed by atoms with Crippen LogP contribution in [0.2, 0.25) is 0 Å². The molecule has 14 rings (SSSR count). The maximum absolute atomic E-state index is 14.9. The van der Waals surface area contributed by atoms with Crippen molar-refractivity contribution >= 4 is 67.2 Å². The number of hydrogen-bond acceptors (Lipinski definition) is 15. The van der Waals surface area contributed by atoms with Crippen molar-refractivity contribution in [2.75, 3.05) is 44.4 Å². The van der Waals surface area contributed by atoms with Gasteiger partial charge in [0.1, 0.15) is 30.0 Å². The molecule has 7 N–H and O–H groups in total. The van der Waals surface area contributed by atoms with E-state index in [-0.39, 0.29) is 60.7 Å². The van der Waals surface area contributed by atoms with Crippen molar-refractivity contribution in [3.63, 3.8) is 0 Å². The predicted molar refractivity (Wildman–Crippen MR) is 324 cm³/mol. The third kappa shape index (κ3) is 10.00. The Balaban J connectivity index is 0.791. The minimum absolute atomic E-state index is 0.00271. The average molecular weight is 1160 g/mol. The fourth-order valence-corrected chi connectivity index (χ4v) is 13.7. The van der Waals surface area contributed by atoms with Gasteiger partial charge in [-0.3, -0.25) is 33.6 Å². The summed E-state index contributed by atoms with van der Waals surface area (Å²) in [7, 11) is 0. The highest BCUT2D eigenvalue weighted by atomic mass is 16.5. The normalized spacial score (nSPS) is 20.5. The molecule has 5 fully saturated rings. The first kappa shape index (κ1) is 55.3. The van der Waals surface area contributed by atoms with E-state index >= 15 is 0 Å². The summed E-state index contributed by atoms with van der Waals surface area (Å²) >= 11 is 0. The van der Waals surface area contributed by atoms with E-state index in [4.69, 9.17) is 24.5 Å².